The molecule has 0 spiro atoms. The van der Waals surface area contributed by atoms with Gasteiger partial charge in [-0.05, 0) is 6.42 Å². The fourth-order valence-corrected chi connectivity index (χ4v) is 1.92. The highest BCUT2D eigenvalue weighted by molar-refractivity contribution is 6.23. The van der Waals surface area contributed by atoms with Crippen molar-refractivity contribution in [3.05, 3.63) is 5.53 Å². The number of rotatable bonds is 12. The number of hydrogen-bond donors (Lipinski definition) is 1. The fourth-order valence-electron chi connectivity index (χ4n) is 1.92. The van der Waals surface area contributed by atoms with E-state index in [0.29, 0.717) is 6.54 Å². The lowest BCUT2D eigenvalue weighted by Crippen LogP contribution is -2.25. The van der Waals surface area contributed by atoms with Gasteiger partial charge in [-0.3, -0.25) is 4.79 Å². The quantitative estimate of drug-likeness (QED) is 0.246. The highest BCUT2D eigenvalue weighted by Crippen LogP contribution is 2.10. The van der Waals surface area contributed by atoms with E-state index < -0.39 is 0 Å². The number of carbonyl (C=O) groups excluding carboxylic acids is 1. The Kier molecular flexibility index (Phi) is 13.0. The zero-order valence-corrected chi connectivity index (χ0v) is 11.7. The van der Waals surface area contributed by atoms with Gasteiger partial charge in [-0.2, -0.15) is 4.79 Å². The Bertz CT molecular complexity index is 247. The Labute approximate surface area is 111 Å². The average Bonchev–Trinajstić information content (AvgIpc) is 2.36. The molecule has 0 aliphatic rings. The van der Waals surface area contributed by atoms with Gasteiger partial charge in [-0.15, -0.1) is 0 Å². The number of hydrogen-bond acceptors (Lipinski definition) is 1. The third kappa shape index (κ3) is 12.9. The largest absolute Gasteiger partial charge is 0.361 e. The maximum absolute atomic E-state index is 10.9. The molecular weight excluding hydrogens is 226 g/mol. The number of carbonyl (C=O) groups is 1. The van der Waals surface area contributed by atoms with E-state index in [2.05, 4.69) is 17.0 Å². The molecule has 4 nitrogen and oxygen atoms in total. The number of amides is 1. The van der Waals surface area contributed by atoms with Gasteiger partial charge in [0.25, 0.3) is 0 Å². The van der Waals surface area contributed by atoms with Crippen LogP contribution in [0.5, 0.6) is 0 Å². The minimum atomic E-state index is -0.326. The van der Waals surface area contributed by atoms with E-state index in [-0.39, 0.29) is 5.91 Å². The summed E-state index contributed by atoms with van der Waals surface area (Å²) in [7, 11) is 0. The summed E-state index contributed by atoms with van der Waals surface area (Å²) in [6.45, 7) is 2.91. The molecule has 0 atom stereocenters. The van der Waals surface area contributed by atoms with E-state index in [1.165, 1.54) is 51.4 Å². The van der Waals surface area contributed by atoms with Crippen LogP contribution in [0.2, 0.25) is 0 Å². The molecule has 0 aliphatic carbocycles. The highest BCUT2D eigenvalue weighted by atomic mass is 16.1. The predicted octanol–water partition coefficient (Wildman–Crippen LogP) is 3.32. The van der Waals surface area contributed by atoms with E-state index in [9.17, 15) is 4.79 Å². The first-order valence-electron chi connectivity index (χ1n) is 7.26. The second kappa shape index (κ2) is 13.9. The molecule has 0 fully saturated rings. The Morgan fingerprint density at radius 2 is 1.50 bits per heavy atom. The first-order chi connectivity index (χ1) is 8.81. The molecule has 0 unspecified atom stereocenters. The average molecular weight is 253 g/mol. The van der Waals surface area contributed by atoms with Crippen LogP contribution in [0.15, 0.2) is 0 Å². The number of nitrogens with one attached hydrogen (secondary N) is 1. The molecule has 0 aromatic heterocycles. The van der Waals surface area contributed by atoms with Gasteiger partial charge in [0.05, 0.1) is 0 Å². The first-order valence-corrected chi connectivity index (χ1v) is 7.26. The summed E-state index contributed by atoms with van der Waals surface area (Å²) in [6, 6.07) is 0. The SMILES string of the molecule is CCCCCCCCCCCCNC(=O)C=[N+]=[N-]. The van der Waals surface area contributed by atoms with Crippen LogP contribution >= 0.6 is 0 Å². The van der Waals surface area contributed by atoms with Crippen molar-refractivity contribution >= 4 is 12.1 Å². The molecule has 0 heterocycles. The molecule has 0 aliphatic heterocycles. The molecule has 0 saturated heterocycles. The van der Waals surface area contributed by atoms with Gasteiger partial charge in [-0.1, -0.05) is 64.7 Å². The third-order valence-corrected chi connectivity index (χ3v) is 3.00. The molecule has 0 rings (SSSR count). The monoisotopic (exact) mass is 253 g/mol. The Morgan fingerprint density at radius 3 is 2.00 bits per heavy atom. The van der Waals surface area contributed by atoms with E-state index in [4.69, 9.17) is 5.53 Å². The summed E-state index contributed by atoms with van der Waals surface area (Å²) in [5.74, 6) is -0.326. The molecule has 1 N–H and O–H groups in total. The molecule has 0 aromatic carbocycles. The lowest BCUT2D eigenvalue weighted by molar-refractivity contribution is -0.117. The predicted molar refractivity (Wildman–Crippen MR) is 74.5 cm³/mol. The van der Waals surface area contributed by atoms with E-state index >= 15 is 0 Å². The lowest BCUT2D eigenvalue weighted by atomic mass is 10.1. The fraction of sp³-hybridized carbons (Fsp3) is 0.857. The summed E-state index contributed by atoms with van der Waals surface area (Å²) in [6.07, 6.45) is 13.7. The van der Waals surface area contributed by atoms with Crippen LogP contribution in [0.25, 0.3) is 5.53 Å². The van der Waals surface area contributed by atoms with Crippen LogP contribution in [0.1, 0.15) is 71.1 Å². The highest BCUT2D eigenvalue weighted by Gasteiger charge is 1.99. The maximum Gasteiger partial charge on any atom is 0.344 e. The summed E-state index contributed by atoms with van der Waals surface area (Å²) >= 11 is 0. The Balaban J connectivity index is 3.07. The smallest absolute Gasteiger partial charge is 0.344 e. The maximum atomic E-state index is 10.9. The van der Waals surface area contributed by atoms with Crippen molar-refractivity contribution in [1.82, 2.24) is 5.32 Å². The molecule has 18 heavy (non-hydrogen) atoms. The second-order valence-corrected chi connectivity index (χ2v) is 4.72. The van der Waals surface area contributed by atoms with Crippen molar-refractivity contribution in [2.24, 2.45) is 0 Å². The van der Waals surface area contributed by atoms with Crippen LogP contribution in [0.4, 0.5) is 0 Å². The van der Waals surface area contributed by atoms with Crippen LogP contribution in [0, 0.1) is 0 Å². The second-order valence-electron chi connectivity index (χ2n) is 4.72. The van der Waals surface area contributed by atoms with Crippen molar-refractivity contribution < 1.29 is 9.58 Å². The molecule has 0 aromatic rings. The van der Waals surface area contributed by atoms with Crippen molar-refractivity contribution in [1.29, 1.82) is 0 Å². The molecular formula is C14H27N3O. The zero-order valence-electron chi connectivity index (χ0n) is 11.7. The first kappa shape index (κ1) is 16.9. The van der Waals surface area contributed by atoms with E-state index in [0.717, 1.165) is 19.1 Å². The topological polar surface area (TPSA) is 65.5 Å². The third-order valence-electron chi connectivity index (χ3n) is 3.00. The summed E-state index contributed by atoms with van der Waals surface area (Å²) in [4.78, 5) is 13.6. The molecule has 104 valence electrons. The summed E-state index contributed by atoms with van der Waals surface area (Å²) < 4.78 is 0. The normalized spacial score (nSPS) is 9.83. The van der Waals surface area contributed by atoms with Crippen molar-refractivity contribution in [3.8, 4) is 0 Å². The van der Waals surface area contributed by atoms with Crippen LogP contribution in [-0.2, 0) is 4.79 Å². The number of unbranched alkanes of at least 4 members (excludes halogenated alkanes) is 9. The minimum Gasteiger partial charge on any atom is -0.361 e. The Morgan fingerprint density at radius 1 is 1.00 bits per heavy atom. The van der Waals surface area contributed by atoms with E-state index in [1.807, 2.05) is 0 Å². The van der Waals surface area contributed by atoms with Crippen molar-refractivity contribution in [2.75, 3.05) is 6.54 Å². The van der Waals surface area contributed by atoms with Crippen LogP contribution < -0.4 is 5.32 Å². The van der Waals surface area contributed by atoms with Gasteiger partial charge >= 0.3 is 12.1 Å². The zero-order chi connectivity index (χ0) is 13.5. The van der Waals surface area contributed by atoms with Gasteiger partial charge in [-0.25, -0.2) is 0 Å². The van der Waals surface area contributed by atoms with Gasteiger partial charge in [0.2, 0.25) is 0 Å². The molecule has 1 amide bonds. The number of nitrogens with zero attached hydrogens (tertiary/aromatic N) is 2. The molecule has 0 saturated carbocycles. The molecule has 4 heteroatoms. The van der Waals surface area contributed by atoms with Crippen molar-refractivity contribution in [3.63, 3.8) is 0 Å². The standard InChI is InChI=1S/C14H27N3O/c1-2-3-4-5-6-7-8-9-10-11-12-16-14(18)13-17-15/h13H,2-12H2,1H3,(H,16,18). The Hall–Kier alpha value is -1.15. The lowest BCUT2D eigenvalue weighted by Gasteiger charge is -2.02. The van der Waals surface area contributed by atoms with Crippen LogP contribution in [0.3, 0.4) is 0 Å². The molecule has 0 bridgehead atoms. The molecule has 0 radical (unpaired) electrons. The van der Waals surface area contributed by atoms with Crippen molar-refractivity contribution in [2.45, 2.75) is 71.1 Å². The van der Waals surface area contributed by atoms with E-state index in [1.54, 1.807) is 0 Å². The summed E-state index contributed by atoms with van der Waals surface area (Å²) in [5, 5.41) is 2.66. The minimum absolute atomic E-state index is 0.326. The van der Waals surface area contributed by atoms with Gasteiger partial charge in [0, 0.05) is 6.54 Å². The van der Waals surface area contributed by atoms with Gasteiger partial charge in [0.1, 0.15) is 0 Å². The summed E-state index contributed by atoms with van der Waals surface area (Å²) in [5.41, 5.74) is 8.12. The van der Waals surface area contributed by atoms with Gasteiger partial charge < -0.3 is 10.8 Å². The van der Waals surface area contributed by atoms with Gasteiger partial charge in [0.15, 0.2) is 0 Å². The van der Waals surface area contributed by atoms with Crippen LogP contribution in [-0.4, -0.2) is 23.5 Å².